The van der Waals surface area contributed by atoms with E-state index in [0.717, 1.165) is 83.7 Å². The van der Waals surface area contributed by atoms with Crippen LogP contribution in [-0.4, -0.2) is 54.1 Å². The highest BCUT2D eigenvalue weighted by Crippen LogP contribution is 2.53. The van der Waals surface area contributed by atoms with Crippen molar-refractivity contribution < 1.29 is 4.42 Å². The lowest BCUT2D eigenvalue weighted by atomic mass is 9.82. The van der Waals surface area contributed by atoms with Crippen molar-refractivity contribution >= 4 is 109 Å². The number of hydrogen-bond donors (Lipinski definition) is 0. The molecule has 0 radical (unpaired) electrons. The smallest absolute Gasteiger partial charge is 0.135 e. The Hall–Kier alpha value is -13.8. The Morgan fingerprint density at radius 3 is 1.25 bits per heavy atom. The molecule has 12 nitrogen and oxygen atoms in total. The minimum Gasteiger partial charge on any atom is -0.456 e. The molecule has 106 heavy (non-hydrogen) atoms. The summed E-state index contributed by atoms with van der Waals surface area (Å²) in [6.45, 7) is 9.29. The number of fused-ring (bicyclic) bond motifs is 19. The van der Waals surface area contributed by atoms with Gasteiger partial charge in [-0.2, -0.15) is 14.4 Å². The topological polar surface area (TPSA) is 115 Å². The molecule has 0 saturated heterocycles. The van der Waals surface area contributed by atoms with Crippen molar-refractivity contribution in [1.82, 2.24) is 54.1 Å². The maximum atomic E-state index is 6.22. The molecular weight excluding hydrogens is 1300 g/mol. The van der Waals surface area contributed by atoms with Crippen molar-refractivity contribution in [3.05, 3.63) is 344 Å². The fraction of sp³-hybridized carbons (Fsp3) is 0.0638. The molecular formula is C94H65N11O. The quantitative estimate of drug-likeness (QED) is 0.163. The van der Waals surface area contributed by atoms with Gasteiger partial charge in [-0.15, -0.1) is 30.6 Å². The first-order chi connectivity index (χ1) is 52.0. The Labute approximate surface area is 608 Å². The Morgan fingerprint density at radius 2 is 0.651 bits per heavy atom. The highest BCUT2D eigenvalue weighted by atomic mass is 16.3. The van der Waals surface area contributed by atoms with Gasteiger partial charge in [-0.05, 0) is 212 Å². The number of aromatic nitrogens is 11. The predicted octanol–water partition coefficient (Wildman–Crippen LogP) is 22.8. The number of rotatable bonds is 6. The van der Waals surface area contributed by atoms with Crippen LogP contribution >= 0.6 is 0 Å². The van der Waals surface area contributed by atoms with Gasteiger partial charge in [-0.1, -0.05) is 204 Å². The molecule has 0 N–H and O–H groups in total. The number of benzene rings is 15. The average Bonchev–Trinajstić information content (AvgIpc) is 1.56. The first-order valence-electron chi connectivity index (χ1n) is 36.0. The standard InChI is InChI=1S/C33H24N4.C33H23N3O.C28H18N4/c1-33(2)27-14-8-6-12-23(27)25-19-26-24-13-7-9-15-31(24)36(32(26)20-28(25)33)22-16-17-29-30(18-22)35-37(34-29)21-10-4-3-5-11-21;1-33(2)27-14-12-20(21-13-15-29-30(17-21)35-36(34-29)22-8-4-3-5-9-22)16-24(27)25-18-26-23-10-6-7-11-31(23)37-32(26)19-28(25)33;1-2-10-21(11-3-1)32-29-25-15-14-22(18-26(25)30-32)31-27-13-7-6-12-23(27)24-16-19-8-4-5-9-20(19)17-28(24)31/h3-20H,1-2H3;3-19H,1-2H3;1-18H. The molecule has 6 heterocycles. The summed E-state index contributed by atoms with van der Waals surface area (Å²) < 4.78 is 10.9. The Bertz CT molecular complexity index is 7150. The molecule has 0 unspecified atom stereocenters. The van der Waals surface area contributed by atoms with Crippen LogP contribution < -0.4 is 0 Å². The largest absolute Gasteiger partial charge is 0.456 e. The van der Waals surface area contributed by atoms with Crippen LogP contribution in [0.5, 0.6) is 0 Å². The monoisotopic (exact) mass is 1360 g/mol. The van der Waals surface area contributed by atoms with Crippen molar-refractivity contribution in [3.8, 4) is 61.8 Å². The second-order valence-electron chi connectivity index (χ2n) is 28.9. The van der Waals surface area contributed by atoms with Crippen LogP contribution in [0, 0.1) is 0 Å². The lowest BCUT2D eigenvalue weighted by Crippen LogP contribution is -2.14. The van der Waals surface area contributed by atoms with Crippen molar-refractivity contribution in [1.29, 1.82) is 0 Å². The van der Waals surface area contributed by atoms with Gasteiger partial charge in [0, 0.05) is 54.5 Å². The Morgan fingerprint density at radius 1 is 0.236 bits per heavy atom. The molecule has 12 heteroatoms. The molecule has 2 aliphatic rings. The number of hydrogen-bond acceptors (Lipinski definition) is 7. The van der Waals surface area contributed by atoms with Gasteiger partial charge in [0.1, 0.15) is 44.3 Å². The number of para-hydroxylation sites is 6. The summed E-state index contributed by atoms with van der Waals surface area (Å²) >= 11 is 0. The molecule has 0 saturated carbocycles. The summed E-state index contributed by atoms with van der Waals surface area (Å²) in [6.07, 6.45) is 0. The molecule has 0 bridgehead atoms. The van der Waals surface area contributed by atoms with Gasteiger partial charge in [-0.25, -0.2) is 0 Å². The molecule has 23 rings (SSSR count). The molecule has 0 aliphatic heterocycles. The van der Waals surface area contributed by atoms with Crippen LogP contribution in [0.25, 0.3) is 171 Å². The molecule has 0 fully saturated rings. The van der Waals surface area contributed by atoms with Crippen LogP contribution in [0.15, 0.2) is 326 Å². The van der Waals surface area contributed by atoms with Gasteiger partial charge >= 0.3 is 0 Å². The van der Waals surface area contributed by atoms with Gasteiger partial charge < -0.3 is 13.6 Å². The minimum atomic E-state index is -0.0985. The van der Waals surface area contributed by atoms with Gasteiger partial charge in [0.05, 0.1) is 39.1 Å². The summed E-state index contributed by atoms with van der Waals surface area (Å²) in [7, 11) is 0. The van der Waals surface area contributed by atoms with E-state index in [2.05, 4.69) is 265 Å². The summed E-state index contributed by atoms with van der Waals surface area (Å²) in [5, 5.41) is 38.2. The zero-order valence-electron chi connectivity index (χ0n) is 58.4. The van der Waals surface area contributed by atoms with Gasteiger partial charge in [-0.3, -0.25) is 0 Å². The Kier molecular flexibility index (Phi) is 13.4. The number of furan rings is 1. The first-order valence-corrected chi connectivity index (χ1v) is 36.0. The third-order valence-corrected chi connectivity index (χ3v) is 22.0. The first kappa shape index (κ1) is 60.9. The summed E-state index contributed by atoms with van der Waals surface area (Å²) in [5.74, 6) is 0. The Balaban J connectivity index is 0.000000102. The van der Waals surface area contributed by atoms with E-state index >= 15 is 0 Å². The SMILES string of the molecule is CC1(C)c2ccc(-c3ccc4nn(-c5ccccc5)nc4c3)cc2-c2cc3c(cc21)oc1ccccc13.CC1(C)c2ccccc2-c2cc3c4ccccc4n(-c4ccc5nn(-c6ccccc6)nc5c4)c3cc21.c1ccc(-n2nc3ccc(-n4c5ccccc5c5cc6ccccc6cc54)cc3n2)cc1. The number of nitrogens with zero attached hydrogens (tertiary/aromatic N) is 11. The average molecular weight is 1360 g/mol. The maximum absolute atomic E-state index is 6.22. The van der Waals surface area contributed by atoms with E-state index in [0.29, 0.717) is 0 Å². The molecule has 0 atom stereocenters. The summed E-state index contributed by atoms with van der Waals surface area (Å²) in [6, 6.07) is 113. The van der Waals surface area contributed by atoms with Crippen molar-refractivity contribution in [3.63, 3.8) is 0 Å². The summed E-state index contributed by atoms with van der Waals surface area (Å²) in [4.78, 5) is 5.12. The van der Waals surface area contributed by atoms with E-state index in [1.54, 1.807) is 14.4 Å². The normalized spacial score (nSPS) is 13.2. The second kappa shape index (κ2) is 23.3. The third-order valence-electron chi connectivity index (χ3n) is 22.0. The van der Waals surface area contributed by atoms with Crippen molar-refractivity contribution in [2.45, 2.75) is 38.5 Å². The van der Waals surface area contributed by atoms with E-state index in [4.69, 9.17) is 24.8 Å². The minimum absolute atomic E-state index is 0.0519. The van der Waals surface area contributed by atoms with E-state index in [-0.39, 0.29) is 10.8 Å². The molecule has 0 spiro atoms. The predicted molar refractivity (Wildman–Crippen MR) is 431 cm³/mol. The van der Waals surface area contributed by atoms with Gasteiger partial charge in [0.25, 0.3) is 0 Å². The van der Waals surface area contributed by atoms with Crippen LogP contribution in [0.1, 0.15) is 49.9 Å². The molecule has 15 aromatic carbocycles. The highest BCUT2D eigenvalue weighted by Gasteiger charge is 2.38. The molecule has 0 amide bonds. The van der Waals surface area contributed by atoms with E-state index < -0.39 is 0 Å². The van der Waals surface area contributed by atoms with E-state index in [1.807, 2.05) is 103 Å². The molecule has 6 aromatic heterocycles. The van der Waals surface area contributed by atoms with E-state index in [1.165, 1.54) is 110 Å². The van der Waals surface area contributed by atoms with Crippen molar-refractivity contribution in [2.75, 3.05) is 0 Å². The van der Waals surface area contributed by atoms with Crippen LogP contribution in [-0.2, 0) is 10.8 Å². The molecule has 502 valence electrons. The van der Waals surface area contributed by atoms with Crippen LogP contribution in [0.3, 0.4) is 0 Å². The maximum Gasteiger partial charge on any atom is 0.135 e. The fourth-order valence-corrected chi connectivity index (χ4v) is 16.7. The zero-order valence-corrected chi connectivity index (χ0v) is 58.4. The zero-order chi connectivity index (χ0) is 70.5. The van der Waals surface area contributed by atoms with E-state index in [9.17, 15) is 0 Å². The third kappa shape index (κ3) is 9.61. The van der Waals surface area contributed by atoms with Crippen LogP contribution in [0.4, 0.5) is 0 Å². The van der Waals surface area contributed by atoms with Crippen LogP contribution in [0.2, 0.25) is 0 Å². The highest BCUT2D eigenvalue weighted by molar-refractivity contribution is 6.15. The summed E-state index contributed by atoms with van der Waals surface area (Å²) in [5.41, 5.74) is 29.9. The second-order valence-corrected chi connectivity index (χ2v) is 28.9. The molecule has 21 aromatic rings. The fourth-order valence-electron chi connectivity index (χ4n) is 16.7. The lowest BCUT2D eigenvalue weighted by molar-refractivity contribution is 0.647. The van der Waals surface area contributed by atoms with Gasteiger partial charge in [0.15, 0.2) is 0 Å². The molecule has 2 aliphatic carbocycles. The van der Waals surface area contributed by atoms with Gasteiger partial charge in [0.2, 0.25) is 0 Å². The van der Waals surface area contributed by atoms with Crippen molar-refractivity contribution in [2.24, 2.45) is 0 Å². The lowest BCUT2D eigenvalue weighted by Gasteiger charge is -2.21.